The van der Waals surface area contributed by atoms with E-state index in [1.54, 1.807) is 6.08 Å². The number of aliphatic hydroxyl groups excluding tert-OH is 1. The van der Waals surface area contributed by atoms with E-state index in [0.29, 0.717) is 17.4 Å². The van der Waals surface area contributed by atoms with E-state index >= 15 is 0 Å². The van der Waals surface area contributed by atoms with Gasteiger partial charge in [0.1, 0.15) is 13.2 Å². The number of phosphoric acid groups is 1. The fraction of sp³-hybridized carbons (Fsp3) is 0.823. The summed E-state index contributed by atoms with van der Waals surface area (Å²) < 4.78 is 23.3. The molecule has 0 rings (SSSR count). The van der Waals surface area contributed by atoms with Gasteiger partial charge >= 0.3 is 0 Å². The molecule has 0 aromatic carbocycles. The smallest absolute Gasteiger partial charge is 0.268 e. The number of allylic oxidation sites excluding steroid dienone is 9. The minimum atomic E-state index is -4.61. The van der Waals surface area contributed by atoms with Gasteiger partial charge < -0.3 is 28.8 Å². The van der Waals surface area contributed by atoms with Crippen molar-refractivity contribution in [2.24, 2.45) is 0 Å². The summed E-state index contributed by atoms with van der Waals surface area (Å²) in [5, 5.41) is 13.9. The lowest BCUT2D eigenvalue weighted by Gasteiger charge is -2.29. The van der Waals surface area contributed by atoms with Gasteiger partial charge in [-0.1, -0.05) is 254 Å². The van der Waals surface area contributed by atoms with E-state index in [1.807, 2.05) is 27.2 Å². The molecule has 9 heteroatoms. The lowest BCUT2D eigenvalue weighted by molar-refractivity contribution is -0.870. The molecule has 0 aromatic rings. The van der Waals surface area contributed by atoms with Crippen molar-refractivity contribution in [3.63, 3.8) is 0 Å². The Morgan fingerprint density at radius 1 is 0.493 bits per heavy atom. The molecule has 0 saturated carbocycles. The van der Waals surface area contributed by atoms with Crippen LogP contribution < -0.4 is 10.2 Å². The summed E-state index contributed by atoms with van der Waals surface area (Å²) in [7, 11) is 1.23. The molecule has 0 bridgehead atoms. The van der Waals surface area contributed by atoms with Crippen LogP contribution in [-0.4, -0.2) is 68.5 Å². The number of quaternary nitrogens is 1. The van der Waals surface area contributed by atoms with Crippen molar-refractivity contribution in [2.45, 2.75) is 289 Å². The standard InChI is InChI=1S/C62H117N2O6P/c1-6-8-10-12-14-16-18-20-22-24-26-28-30-31-32-34-35-37-39-41-43-45-47-49-51-53-55-61(65)60(59-70-71(67,68)69-58-57-64(3,4)5)63-62(66)56-54-52-50-48-46-44-42-40-38-36-33-29-27-25-23-21-19-17-15-13-11-9-7-2/h19,21,25,27,37,39,45,47,53,55,60-61,65H,6-18,20,22-24,26,28-36,38,40-44,46,48-52,54,56-59H2,1-5H3,(H-,63,66,67,68)/b21-19-,27-25-,39-37+,47-45+,55-53+. The molecule has 416 valence electrons. The van der Waals surface area contributed by atoms with E-state index in [4.69, 9.17) is 9.05 Å². The maximum Gasteiger partial charge on any atom is 0.268 e. The van der Waals surface area contributed by atoms with Gasteiger partial charge in [0, 0.05) is 6.42 Å². The molecule has 0 aliphatic carbocycles. The zero-order valence-corrected chi connectivity index (χ0v) is 48.3. The van der Waals surface area contributed by atoms with Crippen molar-refractivity contribution in [1.82, 2.24) is 5.32 Å². The summed E-state index contributed by atoms with van der Waals surface area (Å²) >= 11 is 0. The summed E-state index contributed by atoms with van der Waals surface area (Å²) in [4.78, 5) is 25.5. The van der Waals surface area contributed by atoms with E-state index in [0.717, 1.165) is 51.4 Å². The highest BCUT2D eigenvalue weighted by molar-refractivity contribution is 7.45. The number of rotatable bonds is 55. The fourth-order valence-electron chi connectivity index (χ4n) is 8.69. The quantitative estimate of drug-likeness (QED) is 0.0272. The normalized spacial score (nSPS) is 14.3. The number of phosphoric ester groups is 1. The first-order chi connectivity index (χ1) is 34.5. The molecule has 0 heterocycles. The van der Waals surface area contributed by atoms with Crippen molar-refractivity contribution >= 4 is 13.7 Å². The maximum absolute atomic E-state index is 13.0. The van der Waals surface area contributed by atoms with E-state index < -0.39 is 26.6 Å². The highest BCUT2D eigenvalue weighted by Gasteiger charge is 2.23. The summed E-state index contributed by atoms with van der Waals surface area (Å²) in [6.45, 7) is 4.63. The lowest BCUT2D eigenvalue weighted by Crippen LogP contribution is -2.45. The zero-order valence-electron chi connectivity index (χ0n) is 47.4. The number of nitrogens with zero attached hydrogens (tertiary/aromatic N) is 1. The first-order valence-corrected chi connectivity index (χ1v) is 31.6. The van der Waals surface area contributed by atoms with Gasteiger partial charge in [-0.2, -0.15) is 0 Å². The monoisotopic (exact) mass is 1020 g/mol. The third kappa shape index (κ3) is 55.8. The van der Waals surface area contributed by atoms with Gasteiger partial charge in [-0.15, -0.1) is 0 Å². The first kappa shape index (κ1) is 69.2. The van der Waals surface area contributed by atoms with Crippen LogP contribution in [0, 0.1) is 0 Å². The molecule has 8 nitrogen and oxygen atoms in total. The molecule has 0 aliphatic heterocycles. The Hall–Kier alpha value is -1.80. The SMILES string of the molecule is CCCCCCC/C=C\C/C=C\CCCCCCCCCCCCCC(=O)NC(COP(=O)([O-])OCC[N+](C)(C)C)C(O)/C=C/CC/C=C/CC/C=C/CCCCCCCCCCCCCCCCCC. The highest BCUT2D eigenvalue weighted by Crippen LogP contribution is 2.38. The van der Waals surface area contributed by atoms with Crippen LogP contribution in [0.3, 0.4) is 0 Å². The topological polar surface area (TPSA) is 108 Å². The largest absolute Gasteiger partial charge is 0.756 e. The van der Waals surface area contributed by atoms with Gasteiger partial charge in [0.2, 0.25) is 5.91 Å². The van der Waals surface area contributed by atoms with Gasteiger partial charge in [-0.05, 0) is 77.0 Å². The summed E-state index contributed by atoms with van der Waals surface area (Å²) in [6, 6.07) is -0.914. The van der Waals surface area contributed by atoms with Gasteiger partial charge in [-0.25, -0.2) is 0 Å². The van der Waals surface area contributed by atoms with Crippen molar-refractivity contribution < 1.29 is 32.9 Å². The molecule has 3 atom stereocenters. The predicted octanol–water partition coefficient (Wildman–Crippen LogP) is 17.9. The summed E-state index contributed by atoms with van der Waals surface area (Å²) in [6.07, 6.45) is 71.7. The Balaban J connectivity index is 4.27. The zero-order chi connectivity index (χ0) is 52.0. The van der Waals surface area contributed by atoms with Crippen LogP contribution in [0.25, 0.3) is 0 Å². The third-order valence-electron chi connectivity index (χ3n) is 13.4. The number of carbonyl (C=O) groups excluding carboxylic acids is 1. The molecule has 0 saturated heterocycles. The van der Waals surface area contributed by atoms with E-state index in [-0.39, 0.29) is 12.5 Å². The Bertz CT molecular complexity index is 1340. The molecule has 0 aliphatic rings. The van der Waals surface area contributed by atoms with Crippen LogP contribution in [0.1, 0.15) is 277 Å². The number of aliphatic hydroxyl groups is 1. The van der Waals surface area contributed by atoms with E-state index in [1.165, 1.54) is 205 Å². The van der Waals surface area contributed by atoms with Crippen LogP contribution in [0.2, 0.25) is 0 Å². The molecule has 0 aromatic heterocycles. The molecule has 3 unspecified atom stereocenters. The molecule has 2 N–H and O–H groups in total. The Labute approximate surface area is 441 Å². The molecular weight excluding hydrogens is 900 g/mol. The summed E-state index contributed by atoms with van der Waals surface area (Å²) in [5.41, 5.74) is 0. The summed E-state index contributed by atoms with van der Waals surface area (Å²) in [5.74, 6) is -0.212. The van der Waals surface area contributed by atoms with Crippen molar-refractivity contribution in [3.05, 3.63) is 60.8 Å². The van der Waals surface area contributed by atoms with Crippen molar-refractivity contribution in [1.29, 1.82) is 0 Å². The number of carbonyl (C=O) groups is 1. The van der Waals surface area contributed by atoms with Gasteiger partial charge in [0.15, 0.2) is 0 Å². The molecule has 71 heavy (non-hydrogen) atoms. The Kier molecular flexibility index (Phi) is 51.7. The first-order valence-electron chi connectivity index (χ1n) is 30.2. The van der Waals surface area contributed by atoms with Crippen molar-refractivity contribution in [2.75, 3.05) is 40.9 Å². The number of hydrogen-bond acceptors (Lipinski definition) is 6. The van der Waals surface area contributed by atoms with Crippen LogP contribution >= 0.6 is 7.82 Å². The van der Waals surface area contributed by atoms with Crippen LogP contribution in [0.4, 0.5) is 0 Å². The number of hydrogen-bond donors (Lipinski definition) is 2. The number of nitrogens with one attached hydrogen (secondary N) is 1. The molecule has 1 amide bonds. The molecule has 0 fully saturated rings. The van der Waals surface area contributed by atoms with Crippen LogP contribution in [-0.2, 0) is 18.4 Å². The number of amides is 1. The Morgan fingerprint density at radius 3 is 1.23 bits per heavy atom. The average Bonchev–Trinajstić information content (AvgIpc) is 3.33. The second-order valence-corrected chi connectivity index (χ2v) is 23.1. The lowest BCUT2D eigenvalue weighted by atomic mass is 10.0. The number of likely N-dealkylation sites (N-methyl/N-ethyl adjacent to an activating group) is 1. The number of unbranched alkanes of at least 4 members (excludes halogenated alkanes) is 34. The average molecular weight is 1020 g/mol. The second kappa shape index (κ2) is 53.0. The van der Waals surface area contributed by atoms with Gasteiger partial charge in [-0.3, -0.25) is 9.36 Å². The third-order valence-corrected chi connectivity index (χ3v) is 14.4. The highest BCUT2D eigenvalue weighted by atomic mass is 31.2. The predicted molar refractivity (Wildman–Crippen MR) is 307 cm³/mol. The fourth-order valence-corrected chi connectivity index (χ4v) is 9.41. The molecule has 0 spiro atoms. The minimum absolute atomic E-state index is 0.0108. The maximum atomic E-state index is 13.0. The van der Waals surface area contributed by atoms with Crippen molar-refractivity contribution in [3.8, 4) is 0 Å². The van der Waals surface area contributed by atoms with Crippen LogP contribution in [0.15, 0.2) is 60.8 Å². The Morgan fingerprint density at radius 2 is 0.831 bits per heavy atom. The molecular formula is C62H117N2O6P. The second-order valence-electron chi connectivity index (χ2n) is 21.7. The minimum Gasteiger partial charge on any atom is -0.756 e. The van der Waals surface area contributed by atoms with Gasteiger partial charge in [0.05, 0.1) is 39.9 Å². The molecule has 0 radical (unpaired) electrons. The van der Waals surface area contributed by atoms with Gasteiger partial charge in [0.25, 0.3) is 7.82 Å². The van der Waals surface area contributed by atoms with Crippen LogP contribution in [0.5, 0.6) is 0 Å². The van der Waals surface area contributed by atoms with E-state index in [9.17, 15) is 19.4 Å². The van der Waals surface area contributed by atoms with E-state index in [2.05, 4.69) is 67.8 Å².